The summed E-state index contributed by atoms with van der Waals surface area (Å²) in [6, 6.07) is 9.24. The van der Waals surface area contributed by atoms with Gasteiger partial charge in [0.15, 0.2) is 5.96 Å². The van der Waals surface area contributed by atoms with Gasteiger partial charge in [-0.2, -0.15) is 0 Å². The van der Waals surface area contributed by atoms with Crippen LogP contribution in [0.15, 0.2) is 53.8 Å². The fourth-order valence-corrected chi connectivity index (χ4v) is 2.49. The second-order valence-corrected chi connectivity index (χ2v) is 5.54. The van der Waals surface area contributed by atoms with Crippen LogP contribution in [-0.2, 0) is 13.0 Å². The minimum atomic E-state index is -0.465. The van der Waals surface area contributed by atoms with Crippen LogP contribution in [0, 0.1) is 11.6 Å². The Bertz CT molecular complexity index is 861. The van der Waals surface area contributed by atoms with Gasteiger partial charge in [0.05, 0.1) is 5.69 Å². The van der Waals surface area contributed by atoms with Crippen LogP contribution in [0.25, 0.3) is 5.65 Å². The van der Waals surface area contributed by atoms with Crippen molar-refractivity contribution < 1.29 is 8.78 Å². The molecule has 0 saturated heterocycles. The third-order valence-electron chi connectivity index (χ3n) is 3.77. The lowest BCUT2D eigenvalue weighted by Crippen LogP contribution is -2.38. The number of nitrogens with zero attached hydrogens (tertiary/aromatic N) is 3. The molecule has 2 N–H and O–H groups in total. The molecule has 138 valence electrons. The highest BCUT2D eigenvalue weighted by Crippen LogP contribution is 2.09. The lowest BCUT2D eigenvalue weighted by atomic mass is 10.2. The molecule has 3 rings (SSSR count). The highest BCUT2D eigenvalue weighted by Gasteiger charge is 2.06. The lowest BCUT2D eigenvalue weighted by Gasteiger charge is -2.12. The largest absolute Gasteiger partial charge is 0.356 e. The quantitative estimate of drug-likeness (QED) is 0.342. The third-order valence-corrected chi connectivity index (χ3v) is 3.77. The summed E-state index contributed by atoms with van der Waals surface area (Å²) in [6.07, 6.45) is 4.65. The molecule has 0 bridgehead atoms. The van der Waals surface area contributed by atoms with Crippen LogP contribution < -0.4 is 10.6 Å². The number of aromatic nitrogens is 2. The number of fused-ring (bicyclic) bond motifs is 1. The number of nitrogens with one attached hydrogen (secondary N) is 2. The van der Waals surface area contributed by atoms with Gasteiger partial charge in [0.25, 0.3) is 0 Å². The molecule has 0 aliphatic carbocycles. The smallest absolute Gasteiger partial charge is 0.191 e. The second kappa shape index (κ2) is 9.46. The molecule has 5 nitrogen and oxygen atoms in total. The van der Waals surface area contributed by atoms with Crippen molar-refractivity contribution in [1.82, 2.24) is 20.0 Å². The zero-order chi connectivity index (χ0) is 17.6. The first kappa shape index (κ1) is 20.1. The molecule has 0 radical (unpaired) electrons. The Balaban J connectivity index is 0.00000243. The summed E-state index contributed by atoms with van der Waals surface area (Å²) in [6.45, 7) is 0.771. The summed E-state index contributed by atoms with van der Waals surface area (Å²) in [5.41, 5.74) is 2.12. The zero-order valence-electron chi connectivity index (χ0n) is 14.2. The van der Waals surface area contributed by atoms with Gasteiger partial charge in [-0.1, -0.05) is 6.07 Å². The molecule has 26 heavy (non-hydrogen) atoms. The Morgan fingerprint density at radius 2 is 2.04 bits per heavy atom. The van der Waals surface area contributed by atoms with Crippen molar-refractivity contribution in [3.05, 3.63) is 71.7 Å². The maximum atomic E-state index is 13.6. The average Bonchev–Trinajstić information content (AvgIpc) is 3.03. The number of halogens is 3. The minimum Gasteiger partial charge on any atom is -0.356 e. The van der Waals surface area contributed by atoms with Crippen LogP contribution in [0.3, 0.4) is 0 Å². The topological polar surface area (TPSA) is 53.7 Å². The number of rotatable bonds is 5. The van der Waals surface area contributed by atoms with Gasteiger partial charge >= 0.3 is 0 Å². The fraction of sp³-hybridized carbons (Fsp3) is 0.222. The van der Waals surface area contributed by atoms with E-state index in [1.165, 1.54) is 6.07 Å². The van der Waals surface area contributed by atoms with E-state index in [9.17, 15) is 8.78 Å². The van der Waals surface area contributed by atoms with Crippen LogP contribution in [-0.4, -0.2) is 28.9 Å². The number of imidazole rings is 1. The Hall–Kier alpha value is -2.23. The molecule has 2 heterocycles. The van der Waals surface area contributed by atoms with Gasteiger partial charge in [0.2, 0.25) is 0 Å². The number of benzene rings is 1. The van der Waals surface area contributed by atoms with E-state index in [0.717, 1.165) is 29.9 Å². The first-order valence-electron chi connectivity index (χ1n) is 7.97. The van der Waals surface area contributed by atoms with Gasteiger partial charge in [-0.05, 0) is 30.3 Å². The summed E-state index contributed by atoms with van der Waals surface area (Å²) in [7, 11) is 1.63. The molecule has 0 saturated carbocycles. The zero-order valence-corrected chi connectivity index (χ0v) is 16.6. The third kappa shape index (κ3) is 5.13. The summed E-state index contributed by atoms with van der Waals surface area (Å²) in [5, 5.41) is 6.11. The predicted molar refractivity (Wildman–Crippen MR) is 109 cm³/mol. The molecule has 0 aliphatic heterocycles. The highest BCUT2D eigenvalue weighted by molar-refractivity contribution is 14.0. The van der Waals surface area contributed by atoms with Crippen LogP contribution in [0.2, 0.25) is 0 Å². The van der Waals surface area contributed by atoms with E-state index >= 15 is 0 Å². The Morgan fingerprint density at radius 3 is 2.81 bits per heavy atom. The van der Waals surface area contributed by atoms with Gasteiger partial charge in [-0.15, -0.1) is 24.0 Å². The van der Waals surface area contributed by atoms with Gasteiger partial charge in [-0.3, -0.25) is 4.99 Å². The van der Waals surface area contributed by atoms with E-state index in [2.05, 4.69) is 20.6 Å². The number of pyridine rings is 1. The number of hydrogen-bond acceptors (Lipinski definition) is 2. The molecule has 3 aromatic rings. The number of hydrogen-bond donors (Lipinski definition) is 2. The highest BCUT2D eigenvalue weighted by atomic mass is 127. The van der Waals surface area contributed by atoms with Gasteiger partial charge in [0, 0.05) is 44.5 Å². The molecule has 0 aliphatic rings. The van der Waals surface area contributed by atoms with E-state index in [4.69, 9.17) is 0 Å². The van der Waals surface area contributed by atoms with E-state index in [1.54, 1.807) is 7.05 Å². The van der Waals surface area contributed by atoms with E-state index in [0.29, 0.717) is 12.5 Å². The van der Waals surface area contributed by atoms with Crippen LogP contribution in [0.1, 0.15) is 11.3 Å². The van der Waals surface area contributed by atoms with Crippen molar-refractivity contribution in [3.8, 4) is 0 Å². The number of guanidine groups is 1. The first-order chi connectivity index (χ1) is 12.2. The van der Waals surface area contributed by atoms with Gasteiger partial charge in [-0.25, -0.2) is 13.8 Å². The molecular formula is C18H20F2IN5. The maximum Gasteiger partial charge on any atom is 0.191 e. The Labute approximate surface area is 167 Å². The molecule has 0 amide bonds. The maximum absolute atomic E-state index is 13.6. The van der Waals surface area contributed by atoms with Crippen LogP contribution in [0.4, 0.5) is 8.78 Å². The van der Waals surface area contributed by atoms with Crippen molar-refractivity contribution in [2.75, 3.05) is 13.6 Å². The summed E-state index contributed by atoms with van der Waals surface area (Å²) < 4.78 is 28.8. The van der Waals surface area contributed by atoms with Gasteiger partial charge < -0.3 is 15.0 Å². The van der Waals surface area contributed by atoms with E-state index in [-0.39, 0.29) is 36.1 Å². The molecule has 1 aromatic carbocycles. The SMILES string of the molecule is CN=C(NCCc1cn2ccccc2n1)NCc1cc(F)ccc1F.I. The van der Waals surface area contributed by atoms with Crippen molar-refractivity contribution in [3.63, 3.8) is 0 Å². The van der Waals surface area contributed by atoms with Crippen molar-refractivity contribution in [1.29, 1.82) is 0 Å². The summed E-state index contributed by atoms with van der Waals surface area (Å²) in [5.74, 6) is -0.394. The lowest BCUT2D eigenvalue weighted by molar-refractivity contribution is 0.581. The molecule has 0 atom stereocenters. The Kier molecular flexibility index (Phi) is 7.31. The number of aliphatic imine (C=N–C) groups is 1. The molecule has 0 unspecified atom stereocenters. The van der Waals surface area contributed by atoms with Crippen LogP contribution in [0.5, 0.6) is 0 Å². The summed E-state index contributed by atoms with van der Waals surface area (Å²) in [4.78, 5) is 8.60. The van der Waals surface area contributed by atoms with E-state index < -0.39 is 11.6 Å². The predicted octanol–water partition coefficient (Wildman–Crippen LogP) is 3.14. The minimum absolute atomic E-state index is 0. The normalized spacial score (nSPS) is 11.3. The molecule has 0 spiro atoms. The van der Waals surface area contributed by atoms with Crippen molar-refractivity contribution in [2.24, 2.45) is 4.99 Å². The summed E-state index contributed by atoms with van der Waals surface area (Å²) >= 11 is 0. The van der Waals surface area contributed by atoms with E-state index in [1.807, 2.05) is 35.0 Å². The molecule has 8 heteroatoms. The Morgan fingerprint density at radius 1 is 1.19 bits per heavy atom. The average molecular weight is 471 g/mol. The molecule has 2 aromatic heterocycles. The van der Waals surface area contributed by atoms with Gasteiger partial charge in [0.1, 0.15) is 17.3 Å². The van der Waals surface area contributed by atoms with Crippen LogP contribution >= 0.6 is 24.0 Å². The molecule has 0 fully saturated rings. The molecular weight excluding hydrogens is 451 g/mol. The van der Waals surface area contributed by atoms with Crippen molar-refractivity contribution >= 4 is 35.6 Å². The first-order valence-corrected chi connectivity index (χ1v) is 7.97. The van der Waals surface area contributed by atoms with Crippen molar-refractivity contribution in [2.45, 2.75) is 13.0 Å². The second-order valence-electron chi connectivity index (χ2n) is 5.54. The monoisotopic (exact) mass is 471 g/mol. The fourth-order valence-electron chi connectivity index (χ4n) is 2.49. The standard InChI is InChI=1S/C18H19F2N5.HI/c1-21-18(23-11-13-10-14(19)5-6-16(13)20)22-8-7-15-12-25-9-3-2-4-17(25)24-15;/h2-6,9-10,12H,7-8,11H2,1H3,(H2,21,22,23);1H.